The van der Waals surface area contributed by atoms with Gasteiger partial charge in [-0.15, -0.1) is 0 Å². The molecule has 7 heteroatoms. The van der Waals surface area contributed by atoms with E-state index in [0.29, 0.717) is 6.42 Å². The predicted molar refractivity (Wildman–Crippen MR) is 62.9 cm³/mol. The number of aliphatic hydroxyl groups is 1. The molecule has 96 valence electrons. The van der Waals surface area contributed by atoms with Gasteiger partial charge >= 0.3 is 0 Å². The van der Waals surface area contributed by atoms with Gasteiger partial charge in [-0.1, -0.05) is 24.6 Å². The second kappa shape index (κ2) is 5.77. The van der Waals surface area contributed by atoms with E-state index in [2.05, 4.69) is 4.72 Å². The molecule has 0 amide bonds. The first-order valence-corrected chi connectivity index (χ1v) is 6.86. The molecule has 0 aromatic heterocycles. The van der Waals surface area contributed by atoms with Crippen LogP contribution >= 0.6 is 11.6 Å². The average molecular weight is 282 g/mol. The highest BCUT2D eigenvalue weighted by atomic mass is 35.5. The molecule has 1 rings (SSSR count). The quantitative estimate of drug-likeness (QED) is 0.860. The van der Waals surface area contributed by atoms with Gasteiger partial charge in [-0.05, 0) is 18.6 Å². The average Bonchev–Trinajstić information content (AvgIpc) is 2.29. The molecule has 17 heavy (non-hydrogen) atoms. The van der Waals surface area contributed by atoms with E-state index in [4.69, 9.17) is 11.6 Å². The minimum Gasteiger partial charge on any atom is -0.392 e. The Labute approximate surface area is 104 Å². The van der Waals surface area contributed by atoms with Gasteiger partial charge in [0.15, 0.2) is 5.82 Å². The molecule has 0 spiro atoms. The molecule has 4 nitrogen and oxygen atoms in total. The van der Waals surface area contributed by atoms with E-state index in [1.54, 1.807) is 6.92 Å². The summed E-state index contributed by atoms with van der Waals surface area (Å²) in [5.74, 6) is -0.993. The molecular formula is C10H13ClFNO3S. The number of benzene rings is 1. The van der Waals surface area contributed by atoms with Crippen molar-refractivity contribution in [2.75, 3.05) is 6.54 Å². The minimum atomic E-state index is -3.99. The number of rotatable bonds is 5. The Hall–Kier alpha value is -0.690. The molecule has 0 bridgehead atoms. The largest absolute Gasteiger partial charge is 0.392 e. The molecule has 0 radical (unpaired) electrons. The Morgan fingerprint density at radius 3 is 2.76 bits per heavy atom. The van der Waals surface area contributed by atoms with Crippen molar-refractivity contribution in [1.82, 2.24) is 4.72 Å². The van der Waals surface area contributed by atoms with E-state index in [-0.39, 0.29) is 11.6 Å². The summed E-state index contributed by atoms with van der Waals surface area (Å²) in [6.07, 6.45) is -0.396. The molecule has 0 heterocycles. The van der Waals surface area contributed by atoms with E-state index in [0.717, 1.165) is 6.07 Å². The number of hydrogen-bond donors (Lipinski definition) is 2. The third kappa shape index (κ3) is 3.64. The van der Waals surface area contributed by atoms with Crippen molar-refractivity contribution in [3.05, 3.63) is 29.0 Å². The van der Waals surface area contributed by atoms with Gasteiger partial charge in [0.1, 0.15) is 4.90 Å². The first-order valence-electron chi connectivity index (χ1n) is 5.00. The highest BCUT2D eigenvalue weighted by molar-refractivity contribution is 7.89. The van der Waals surface area contributed by atoms with E-state index in [9.17, 15) is 17.9 Å². The number of aliphatic hydroxyl groups excluding tert-OH is 1. The Morgan fingerprint density at radius 2 is 2.18 bits per heavy atom. The maximum absolute atomic E-state index is 13.5. The summed E-state index contributed by atoms with van der Waals surface area (Å²) in [4.78, 5) is -0.520. The highest BCUT2D eigenvalue weighted by Gasteiger charge is 2.21. The van der Waals surface area contributed by atoms with Crippen LogP contribution in [0.1, 0.15) is 13.3 Å². The first-order chi connectivity index (χ1) is 7.88. The normalized spacial score (nSPS) is 13.6. The topological polar surface area (TPSA) is 66.4 Å². The van der Waals surface area contributed by atoms with Crippen LogP contribution in [0.25, 0.3) is 0 Å². The van der Waals surface area contributed by atoms with E-state index >= 15 is 0 Å². The first kappa shape index (κ1) is 14.4. The summed E-state index contributed by atoms with van der Waals surface area (Å²) in [7, 11) is -3.99. The van der Waals surface area contributed by atoms with Crippen LogP contribution in [0.15, 0.2) is 23.1 Å². The number of nitrogens with one attached hydrogen (secondary N) is 1. The third-order valence-corrected chi connectivity index (χ3v) is 3.92. The Morgan fingerprint density at radius 1 is 1.53 bits per heavy atom. The standard InChI is InChI=1S/C10H13ClFNO3S/c1-2-7(14)6-13-17(15,16)9-5-3-4-8(11)10(9)12/h3-5,7,13-14H,2,6H2,1H3/t7-/m1/s1. The molecular weight excluding hydrogens is 269 g/mol. The van der Waals surface area contributed by atoms with Crippen LogP contribution < -0.4 is 4.72 Å². The fourth-order valence-electron chi connectivity index (χ4n) is 1.12. The van der Waals surface area contributed by atoms with Crippen LogP contribution in [-0.4, -0.2) is 26.2 Å². The third-order valence-electron chi connectivity index (χ3n) is 2.19. The van der Waals surface area contributed by atoms with Crippen LogP contribution in [0.4, 0.5) is 4.39 Å². The Bertz CT molecular complexity index is 492. The van der Waals surface area contributed by atoms with Gasteiger partial charge in [-0.2, -0.15) is 0 Å². The van der Waals surface area contributed by atoms with Crippen molar-refractivity contribution >= 4 is 21.6 Å². The van der Waals surface area contributed by atoms with Crippen molar-refractivity contribution in [2.45, 2.75) is 24.3 Å². The van der Waals surface area contributed by atoms with Crippen LogP contribution in [0.3, 0.4) is 0 Å². The van der Waals surface area contributed by atoms with E-state index in [1.165, 1.54) is 12.1 Å². The zero-order chi connectivity index (χ0) is 13.1. The smallest absolute Gasteiger partial charge is 0.243 e. The molecule has 1 aromatic rings. The molecule has 0 saturated carbocycles. The van der Waals surface area contributed by atoms with Crippen molar-refractivity contribution in [3.63, 3.8) is 0 Å². The van der Waals surface area contributed by atoms with Crippen molar-refractivity contribution in [2.24, 2.45) is 0 Å². The van der Waals surface area contributed by atoms with Gasteiger partial charge in [0.05, 0.1) is 11.1 Å². The summed E-state index contributed by atoms with van der Waals surface area (Å²) < 4.78 is 39.0. The van der Waals surface area contributed by atoms with Gasteiger partial charge in [-0.25, -0.2) is 17.5 Å². The highest BCUT2D eigenvalue weighted by Crippen LogP contribution is 2.21. The SMILES string of the molecule is CC[C@@H](O)CNS(=O)(=O)c1cccc(Cl)c1F. The molecule has 0 unspecified atom stereocenters. The summed E-state index contributed by atoms with van der Waals surface area (Å²) in [6, 6.07) is 3.72. The fraction of sp³-hybridized carbons (Fsp3) is 0.400. The van der Waals surface area contributed by atoms with Gasteiger partial charge < -0.3 is 5.11 Å². The summed E-state index contributed by atoms with van der Waals surface area (Å²) >= 11 is 5.49. The van der Waals surface area contributed by atoms with Gasteiger partial charge in [0.25, 0.3) is 0 Å². The Kier molecular flexibility index (Phi) is 4.88. The monoisotopic (exact) mass is 281 g/mol. The summed E-state index contributed by atoms with van der Waals surface area (Å²) in [5.41, 5.74) is 0. The minimum absolute atomic E-state index is 0.162. The van der Waals surface area contributed by atoms with E-state index < -0.39 is 26.8 Å². The molecule has 0 aliphatic rings. The van der Waals surface area contributed by atoms with Crippen molar-refractivity contribution < 1.29 is 17.9 Å². The fourth-order valence-corrected chi connectivity index (χ4v) is 2.52. The number of hydrogen-bond acceptors (Lipinski definition) is 3. The second-order valence-corrected chi connectivity index (χ2v) is 5.61. The van der Waals surface area contributed by atoms with Gasteiger partial charge in [0.2, 0.25) is 10.0 Å². The Balaban J connectivity index is 2.94. The van der Waals surface area contributed by atoms with Crippen LogP contribution in [0.5, 0.6) is 0 Å². The molecule has 0 fully saturated rings. The second-order valence-electron chi connectivity index (χ2n) is 3.47. The lowest BCUT2D eigenvalue weighted by Crippen LogP contribution is -2.32. The number of halogens is 2. The lowest BCUT2D eigenvalue weighted by Gasteiger charge is -2.11. The van der Waals surface area contributed by atoms with Crippen LogP contribution in [-0.2, 0) is 10.0 Å². The summed E-state index contributed by atoms with van der Waals surface area (Å²) in [5, 5.41) is 8.99. The maximum Gasteiger partial charge on any atom is 0.243 e. The van der Waals surface area contributed by atoms with Crippen molar-refractivity contribution in [1.29, 1.82) is 0 Å². The molecule has 2 N–H and O–H groups in total. The molecule has 1 atom stereocenters. The van der Waals surface area contributed by atoms with Crippen molar-refractivity contribution in [3.8, 4) is 0 Å². The van der Waals surface area contributed by atoms with Gasteiger partial charge in [-0.3, -0.25) is 0 Å². The van der Waals surface area contributed by atoms with Gasteiger partial charge in [0, 0.05) is 6.54 Å². The van der Waals surface area contributed by atoms with Crippen LogP contribution in [0, 0.1) is 5.82 Å². The lowest BCUT2D eigenvalue weighted by atomic mass is 10.3. The number of sulfonamides is 1. The maximum atomic E-state index is 13.5. The zero-order valence-corrected chi connectivity index (χ0v) is 10.7. The van der Waals surface area contributed by atoms with Crippen LogP contribution in [0.2, 0.25) is 5.02 Å². The summed E-state index contributed by atoms with van der Waals surface area (Å²) in [6.45, 7) is 1.55. The van der Waals surface area contributed by atoms with E-state index in [1.807, 2.05) is 0 Å². The molecule has 1 aromatic carbocycles. The molecule has 0 aliphatic carbocycles. The lowest BCUT2D eigenvalue weighted by molar-refractivity contribution is 0.174. The molecule has 0 saturated heterocycles. The predicted octanol–water partition coefficient (Wildman–Crippen LogP) is 1.53. The zero-order valence-electron chi connectivity index (χ0n) is 9.15. The molecule has 0 aliphatic heterocycles.